The van der Waals surface area contributed by atoms with Crippen LogP contribution in [0.2, 0.25) is 10.0 Å². The van der Waals surface area contributed by atoms with Gasteiger partial charge in [0.25, 0.3) is 0 Å². The number of aromatic nitrogens is 2. The van der Waals surface area contributed by atoms with Crippen molar-refractivity contribution in [2.45, 2.75) is 6.42 Å². The molecule has 1 aromatic carbocycles. The van der Waals surface area contributed by atoms with Crippen LogP contribution in [0.15, 0.2) is 48.8 Å². The van der Waals surface area contributed by atoms with Crippen molar-refractivity contribution < 1.29 is 4.79 Å². The van der Waals surface area contributed by atoms with Gasteiger partial charge < -0.3 is 10.6 Å². The van der Waals surface area contributed by atoms with Gasteiger partial charge in [-0.05, 0) is 37.2 Å². The zero-order chi connectivity index (χ0) is 21.1. The summed E-state index contributed by atoms with van der Waals surface area (Å²) in [7, 11) is 0. The number of benzene rings is 1. The van der Waals surface area contributed by atoms with Gasteiger partial charge in [0.2, 0.25) is 0 Å². The molecule has 1 aliphatic rings. The minimum Gasteiger partial charge on any atom is -0.368 e. The first-order valence-corrected chi connectivity index (χ1v) is 10.7. The minimum absolute atomic E-state index is 0.464. The standard InChI is InChI=1S/C21H24Cl2N6O/c22-16-5-3-7-18(20(16)23)27-13-11-26(12-14-27)8-4-9-28(21(24)30)19-15-25-29-10-2-1-6-17(19)29/h1-3,5-7,10,15H,4,8-9,11-14H2,(H2,24,30). The highest BCUT2D eigenvalue weighted by molar-refractivity contribution is 6.43. The summed E-state index contributed by atoms with van der Waals surface area (Å²) in [6.45, 7) is 5.06. The third-order valence-electron chi connectivity index (χ3n) is 5.46. The van der Waals surface area contributed by atoms with E-state index in [4.69, 9.17) is 28.9 Å². The number of nitrogens with zero attached hydrogens (tertiary/aromatic N) is 5. The predicted molar refractivity (Wildman–Crippen MR) is 122 cm³/mol. The van der Waals surface area contributed by atoms with Crippen LogP contribution >= 0.6 is 23.2 Å². The molecule has 0 atom stereocenters. The van der Waals surface area contributed by atoms with Crippen LogP contribution < -0.4 is 15.5 Å². The number of carbonyl (C=O) groups is 1. The maximum Gasteiger partial charge on any atom is 0.319 e. The fourth-order valence-corrected chi connectivity index (χ4v) is 4.29. The Labute approximate surface area is 185 Å². The Kier molecular flexibility index (Phi) is 6.32. The summed E-state index contributed by atoms with van der Waals surface area (Å²) in [6, 6.07) is 11.0. The summed E-state index contributed by atoms with van der Waals surface area (Å²) in [5, 5.41) is 5.49. The molecule has 0 spiro atoms. The lowest BCUT2D eigenvalue weighted by atomic mass is 10.2. The van der Waals surface area contributed by atoms with Crippen molar-refractivity contribution >= 4 is 46.1 Å². The van der Waals surface area contributed by atoms with E-state index in [1.165, 1.54) is 0 Å². The first-order chi connectivity index (χ1) is 14.5. The molecule has 0 bridgehead atoms. The van der Waals surface area contributed by atoms with Crippen LogP contribution in [0.1, 0.15) is 6.42 Å². The Hall–Kier alpha value is -2.48. The number of rotatable bonds is 6. The molecule has 3 aromatic rings. The van der Waals surface area contributed by atoms with Crippen molar-refractivity contribution in [1.29, 1.82) is 0 Å². The average Bonchev–Trinajstić information content (AvgIpc) is 3.17. The Morgan fingerprint density at radius 3 is 2.67 bits per heavy atom. The molecular weight excluding hydrogens is 423 g/mol. The van der Waals surface area contributed by atoms with Gasteiger partial charge in [-0.25, -0.2) is 9.31 Å². The fourth-order valence-electron chi connectivity index (χ4n) is 3.88. The first kappa shape index (κ1) is 20.8. The van der Waals surface area contributed by atoms with Crippen molar-refractivity contribution in [3.63, 3.8) is 0 Å². The number of nitrogens with two attached hydrogens (primary N) is 1. The zero-order valence-electron chi connectivity index (χ0n) is 16.5. The predicted octanol–water partition coefficient (Wildman–Crippen LogP) is 3.74. The van der Waals surface area contributed by atoms with Crippen LogP contribution in [-0.4, -0.2) is 59.8 Å². The summed E-state index contributed by atoms with van der Waals surface area (Å²) in [5.41, 5.74) is 8.24. The summed E-state index contributed by atoms with van der Waals surface area (Å²) >= 11 is 12.5. The molecule has 30 heavy (non-hydrogen) atoms. The summed E-state index contributed by atoms with van der Waals surface area (Å²) in [6.07, 6.45) is 4.36. The number of piperazine rings is 1. The maximum atomic E-state index is 12.1. The van der Waals surface area contributed by atoms with E-state index in [0.717, 1.165) is 56.0 Å². The first-order valence-electron chi connectivity index (χ1n) is 9.95. The van der Waals surface area contributed by atoms with Gasteiger partial charge in [0.1, 0.15) is 0 Å². The van der Waals surface area contributed by atoms with Crippen molar-refractivity contribution in [2.24, 2.45) is 5.73 Å². The Morgan fingerprint density at radius 1 is 1.10 bits per heavy atom. The number of pyridine rings is 1. The van der Waals surface area contributed by atoms with E-state index in [-0.39, 0.29) is 0 Å². The normalized spacial score (nSPS) is 14.9. The molecule has 9 heteroatoms. The fraction of sp³-hybridized carbons (Fsp3) is 0.333. The van der Waals surface area contributed by atoms with Crippen LogP contribution in [-0.2, 0) is 0 Å². The Morgan fingerprint density at radius 2 is 1.90 bits per heavy atom. The molecule has 2 N–H and O–H groups in total. The second kappa shape index (κ2) is 9.12. The van der Waals surface area contributed by atoms with E-state index in [1.54, 1.807) is 21.7 Å². The van der Waals surface area contributed by atoms with E-state index in [2.05, 4.69) is 14.9 Å². The second-order valence-corrected chi connectivity index (χ2v) is 8.09. The lowest BCUT2D eigenvalue weighted by Crippen LogP contribution is -2.47. The molecule has 0 unspecified atom stereocenters. The van der Waals surface area contributed by atoms with Gasteiger partial charge >= 0.3 is 6.03 Å². The SMILES string of the molecule is NC(=O)N(CCCN1CCN(c2cccc(Cl)c2Cl)CC1)c1cnn2ccccc12. The molecule has 0 saturated carbocycles. The van der Waals surface area contributed by atoms with E-state index < -0.39 is 6.03 Å². The molecule has 7 nitrogen and oxygen atoms in total. The van der Waals surface area contributed by atoms with Crippen molar-refractivity contribution in [3.05, 3.63) is 58.8 Å². The molecule has 0 aliphatic carbocycles. The molecule has 158 valence electrons. The van der Waals surface area contributed by atoms with E-state index in [1.807, 2.05) is 36.5 Å². The van der Waals surface area contributed by atoms with Crippen LogP contribution in [0.5, 0.6) is 0 Å². The molecule has 0 radical (unpaired) electrons. The smallest absolute Gasteiger partial charge is 0.319 e. The third kappa shape index (κ3) is 4.33. The lowest BCUT2D eigenvalue weighted by molar-refractivity contribution is 0.247. The molecule has 2 amide bonds. The molecule has 1 fully saturated rings. The van der Waals surface area contributed by atoms with E-state index in [9.17, 15) is 4.79 Å². The van der Waals surface area contributed by atoms with Gasteiger partial charge in [-0.15, -0.1) is 0 Å². The van der Waals surface area contributed by atoms with Gasteiger partial charge in [-0.1, -0.05) is 35.3 Å². The molecule has 1 aliphatic heterocycles. The molecular formula is C21H24Cl2N6O. The number of halogens is 2. The van der Waals surface area contributed by atoms with Crippen LogP contribution in [0.3, 0.4) is 0 Å². The Bertz CT molecular complexity index is 1030. The summed E-state index contributed by atoms with van der Waals surface area (Å²) < 4.78 is 1.74. The van der Waals surface area contributed by atoms with E-state index >= 15 is 0 Å². The maximum absolute atomic E-state index is 12.1. The number of urea groups is 1. The molecule has 2 aromatic heterocycles. The van der Waals surface area contributed by atoms with E-state index in [0.29, 0.717) is 16.6 Å². The number of hydrogen-bond donors (Lipinski definition) is 1. The lowest BCUT2D eigenvalue weighted by Gasteiger charge is -2.36. The number of hydrogen-bond acceptors (Lipinski definition) is 4. The molecule has 1 saturated heterocycles. The largest absolute Gasteiger partial charge is 0.368 e. The van der Waals surface area contributed by atoms with Gasteiger partial charge in [0.05, 0.1) is 33.1 Å². The number of anilines is 2. The van der Waals surface area contributed by atoms with Crippen molar-refractivity contribution in [1.82, 2.24) is 14.5 Å². The quantitative estimate of drug-likeness (QED) is 0.625. The highest BCUT2D eigenvalue weighted by Gasteiger charge is 2.21. The van der Waals surface area contributed by atoms with Crippen molar-refractivity contribution in [2.75, 3.05) is 49.1 Å². The monoisotopic (exact) mass is 446 g/mol. The highest BCUT2D eigenvalue weighted by atomic mass is 35.5. The van der Waals surface area contributed by atoms with Gasteiger partial charge in [-0.3, -0.25) is 9.80 Å². The Balaban J connectivity index is 1.32. The number of fused-ring (bicyclic) bond motifs is 1. The second-order valence-electron chi connectivity index (χ2n) is 7.31. The van der Waals surface area contributed by atoms with Crippen LogP contribution in [0.25, 0.3) is 5.52 Å². The molecule has 4 rings (SSSR count). The van der Waals surface area contributed by atoms with Gasteiger partial charge in [-0.2, -0.15) is 5.10 Å². The summed E-state index contributed by atoms with van der Waals surface area (Å²) in [5.74, 6) is 0. The van der Waals surface area contributed by atoms with Crippen LogP contribution in [0, 0.1) is 0 Å². The number of amides is 2. The molecule has 3 heterocycles. The minimum atomic E-state index is -0.464. The number of primary amides is 1. The van der Waals surface area contributed by atoms with Crippen LogP contribution in [0.4, 0.5) is 16.2 Å². The topological polar surface area (TPSA) is 70.1 Å². The van der Waals surface area contributed by atoms with Crippen molar-refractivity contribution in [3.8, 4) is 0 Å². The van der Waals surface area contributed by atoms with Gasteiger partial charge in [0, 0.05) is 38.9 Å². The summed E-state index contributed by atoms with van der Waals surface area (Å²) in [4.78, 5) is 18.3. The van der Waals surface area contributed by atoms with Gasteiger partial charge in [0.15, 0.2) is 0 Å². The third-order valence-corrected chi connectivity index (χ3v) is 6.27. The highest BCUT2D eigenvalue weighted by Crippen LogP contribution is 2.32. The number of carbonyl (C=O) groups excluding carboxylic acids is 1. The zero-order valence-corrected chi connectivity index (χ0v) is 18.1. The average molecular weight is 447 g/mol.